The Balaban J connectivity index is 0.00000480. The molecule has 0 bridgehead atoms. The van der Waals surface area contributed by atoms with E-state index in [2.05, 4.69) is 5.32 Å². The van der Waals surface area contributed by atoms with Crippen LogP contribution in [0, 0.1) is 5.41 Å². The molecule has 0 aromatic rings. The fourth-order valence-electron chi connectivity index (χ4n) is 4.19. The summed E-state index contributed by atoms with van der Waals surface area (Å²) in [5.74, 6) is -3.27. The molecule has 2 rings (SSSR count). The van der Waals surface area contributed by atoms with Crippen LogP contribution in [0.1, 0.15) is 45.4 Å². The number of hydrogen-bond donors (Lipinski definition) is 4. The number of hydrogen-bond acceptors (Lipinski definition) is 6. The molecule has 176 valence electrons. The molecule has 2 aliphatic rings. The van der Waals surface area contributed by atoms with Crippen LogP contribution in [-0.4, -0.2) is 87.9 Å². The maximum absolute atomic E-state index is 13.4. The van der Waals surface area contributed by atoms with Crippen molar-refractivity contribution in [2.24, 2.45) is 11.1 Å². The fourth-order valence-corrected chi connectivity index (χ4v) is 4.19. The Morgan fingerprint density at radius 2 is 1.74 bits per heavy atom. The minimum Gasteiger partial charge on any atom is -0.481 e. The van der Waals surface area contributed by atoms with Gasteiger partial charge in [0.1, 0.15) is 12.6 Å². The molecule has 3 amide bonds. The average molecular weight is 463 g/mol. The predicted octanol–water partition coefficient (Wildman–Crippen LogP) is -0.579. The van der Waals surface area contributed by atoms with Gasteiger partial charge in [0.2, 0.25) is 17.7 Å². The normalized spacial score (nSPS) is 26.1. The van der Waals surface area contributed by atoms with Crippen molar-refractivity contribution in [1.82, 2.24) is 15.1 Å². The van der Waals surface area contributed by atoms with Gasteiger partial charge < -0.3 is 31.1 Å². The molecule has 1 aliphatic carbocycles. The molecule has 1 atom stereocenters. The first-order valence-electron chi connectivity index (χ1n) is 10.1. The quantitative estimate of drug-likeness (QED) is 0.371. The van der Waals surface area contributed by atoms with Gasteiger partial charge in [-0.15, -0.1) is 12.4 Å². The summed E-state index contributed by atoms with van der Waals surface area (Å²) in [6, 6.07) is -1.05. The molecule has 12 heteroatoms. The molecule has 2 fully saturated rings. The largest absolute Gasteiger partial charge is 0.481 e. The number of nitrogens with two attached hydrogens (primary N) is 1. The highest BCUT2D eigenvalue weighted by molar-refractivity contribution is 5.92. The second-order valence-corrected chi connectivity index (χ2v) is 8.21. The smallest absolute Gasteiger partial charge is 0.323 e. The minimum atomic E-state index is -1.16. The van der Waals surface area contributed by atoms with E-state index in [1.54, 1.807) is 0 Å². The lowest BCUT2D eigenvalue weighted by Gasteiger charge is -2.45. The Morgan fingerprint density at radius 1 is 1.13 bits per heavy atom. The number of nitrogens with one attached hydrogen (secondary N) is 1. The summed E-state index contributed by atoms with van der Waals surface area (Å²) in [5.41, 5.74) is 4.58. The highest BCUT2D eigenvalue weighted by Gasteiger charge is 2.46. The van der Waals surface area contributed by atoms with E-state index < -0.39 is 35.8 Å². The first kappa shape index (κ1) is 26.6. The van der Waals surface area contributed by atoms with Crippen molar-refractivity contribution in [3.8, 4) is 0 Å². The number of rotatable bonds is 8. The van der Waals surface area contributed by atoms with E-state index in [0.29, 0.717) is 25.7 Å². The van der Waals surface area contributed by atoms with Crippen LogP contribution in [0.2, 0.25) is 0 Å². The van der Waals surface area contributed by atoms with Crippen LogP contribution >= 0.6 is 12.4 Å². The highest BCUT2D eigenvalue weighted by Crippen LogP contribution is 2.39. The van der Waals surface area contributed by atoms with E-state index >= 15 is 0 Å². The molecule has 0 aromatic carbocycles. The third kappa shape index (κ3) is 6.79. The summed E-state index contributed by atoms with van der Waals surface area (Å²) in [6.45, 7) is 1.49. The molecule has 0 spiro atoms. The van der Waals surface area contributed by atoms with Crippen LogP contribution < -0.4 is 11.1 Å². The Morgan fingerprint density at radius 3 is 2.26 bits per heavy atom. The van der Waals surface area contributed by atoms with Crippen LogP contribution in [0.15, 0.2) is 0 Å². The molecule has 0 unspecified atom stereocenters. The van der Waals surface area contributed by atoms with E-state index in [-0.39, 0.29) is 62.7 Å². The lowest BCUT2D eigenvalue weighted by molar-refractivity contribution is -0.161. The number of amides is 3. The number of carbonyl (C=O) groups is 5. The highest BCUT2D eigenvalue weighted by atomic mass is 35.5. The molecule has 0 radical (unpaired) electrons. The molecular weight excluding hydrogens is 432 g/mol. The molecule has 5 N–H and O–H groups in total. The number of carboxylic acids is 2. The summed E-state index contributed by atoms with van der Waals surface area (Å²) in [7, 11) is 0. The van der Waals surface area contributed by atoms with Gasteiger partial charge in [0.25, 0.3) is 0 Å². The SMILES string of the molecule is CC1(C(=O)N2CCN(CC(=O)O)C(=O)[C@@H]2CCC(=O)O)CCC(NC(=O)CN)CC1.Cl. The first-order valence-corrected chi connectivity index (χ1v) is 10.1. The number of nitrogens with zero attached hydrogens (tertiary/aromatic N) is 2. The second kappa shape index (κ2) is 11.3. The molecule has 1 saturated carbocycles. The van der Waals surface area contributed by atoms with Gasteiger partial charge in [-0.25, -0.2) is 0 Å². The second-order valence-electron chi connectivity index (χ2n) is 8.21. The first-order chi connectivity index (χ1) is 14.1. The number of halogens is 1. The Hall–Kier alpha value is -2.40. The van der Waals surface area contributed by atoms with E-state index in [9.17, 15) is 24.0 Å². The van der Waals surface area contributed by atoms with Crippen molar-refractivity contribution in [3.63, 3.8) is 0 Å². The average Bonchev–Trinajstić information content (AvgIpc) is 2.69. The van der Waals surface area contributed by atoms with Gasteiger partial charge in [-0.05, 0) is 32.1 Å². The van der Waals surface area contributed by atoms with Crippen molar-refractivity contribution in [1.29, 1.82) is 0 Å². The maximum atomic E-state index is 13.4. The lowest BCUT2D eigenvalue weighted by Crippen LogP contribution is -2.62. The zero-order chi connectivity index (χ0) is 22.5. The van der Waals surface area contributed by atoms with Crippen LogP contribution in [0.3, 0.4) is 0 Å². The number of aliphatic carboxylic acids is 2. The summed E-state index contributed by atoms with van der Waals surface area (Å²) >= 11 is 0. The summed E-state index contributed by atoms with van der Waals surface area (Å²) in [4.78, 5) is 62.3. The van der Waals surface area contributed by atoms with Crippen LogP contribution in [-0.2, 0) is 24.0 Å². The van der Waals surface area contributed by atoms with Crippen molar-refractivity contribution in [2.45, 2.75) is 57.5 Å². The molecule has 1 heterocycles. The van der Waals surface area contributed by atoms with Crippen molar-refractivity contribution < 1.29 is 34.2 Å². The number of carbonyl (C=O) groups excluding carboxylic acids is 3. The monoisotopic (exact) mass is 462 g/mol. The number of piperazine rings is 1. The summed E-state index contributed by atoms with van der Waals surface area (Å²) < 4.78 is 0. The zero-order valence-corrected chi connectivity index (χ0v) is 18.4. The summed E-state index contributed by atoms with van der Waals surface area (Å²) in [6.07, 6.45) is 1.85. The Labute approximate surface area is 186 Å². The molecular formula is C19H31ClN4O7. The summed E-state index contributed by atoms with van der Waals surface area (Å²) in [5, 5.41) is 20.9. The van der Waals surface area contributed by atoms with Gasteiger partial charge in [-0.2, -0.15) is 0 Å². The van der Waals surface area contributed by atoms with Crippen molar-refractivity contribution in [2.75, 3.05) is 26.2 Å². The van der Waals surface area contributed by atoms with Gasteiger partial charge in [0, 0.05) is 31.0 Å². The number of carboxylic acid groups (broad SMARTS) is 2. The molecule has 31 heavy (non-hydrogen) atoms. The zero-order valence-electron chi connectivity index (χ0n) is 17.5. The van der Waals surface area contributed by atoms with Gasteiger partial charge in [-0.3, -0.25) is 24.0 Å². The maximum Gasteiger partial charge on any atom is 0.323 e. The van der Waals surface area contributed by atoms with Crippen LogP contribution in [0.4, 0.5) is 0 Å². The topological polar surface area (TPSA) is 170 Å². The predicted molar refractivity (Wildman–Crippen MR) is 111 cm³/mol. The molecule has 1 saturated heterocycles. The lowest BCUT2D eigenvalue weighted by atomic mass is 9.72. The third-order valence-corrected chi connectivity index (χ3v) is 5.96. The third-order valence-electron chi connectivity index (χ3n) is 5.96. The van der Waals surface area contributed by atoms with Gasteiger partial charge in [-0.1, -0.05) is 6.92 Å². The minimum absolute atomic E-state index is 0. The standard InChI is InChI=1S/C19H30N4O7.ClH/c1-19(6-4-12(5-7-19)21-14(24)10-20)18(30)23-9-8-22(11-16(27)28)17(29)13(23)2-3-15(25)26;/h12-13H,2-11,20H2,1H3,(H,21,24)(H,25,26)(H,27,28);1H/t12?,13-,19?;/m0./s1. The Kier molecular flexibility index (Phi) is 9.70. The van der Waals surface area contributed by atoms with Crippen molar-refractivity contribution in [3.05, 3.63) is 0 Å². The Bertz CT molecular complexity index is 709. The van der Waals surface area contributed by atoms with E-state index in [4.69, 9.17) is 15.9 Å². The molecule has 11 nitrogen and oxygen atoms in total. The van der Waals surface area contributed by atoms with Gasteiger partial charge in [0.15, 0.2) is 0 Å². The van der Waals surface area contributed by atoms with E-state index in [1.807, 2.05) is 6.92 Å². The van der Waals surface area contributed by atoms with Gasteiger partial charge in [0.05, 0.1) is 6.54 Å². The van der Waals surface area contributed by atoms with E-state index in [1.165, 1.54) is 4.90 Å². The van der Waals surface area contributed by atoms with Gasteiger partial charge >= 0.3 is 11.9 Å². The van der Waals surface area contributed by atoms with Crippen LogP contribution in [0.5, 0.6) is 0 Å². The van der Waals surface area contributed by atoms with E-state index in [0.717, 1.165) is 4.90 Å². The fraction of sp³-hybridized carbons (Fsp3) is 0.737. The molecule has 1 aliphatic heterocycles. The van der Waals surface area contributed by atoms with Crippen molar-refractivity contribution >= 4 is 42.1 Å². The molecule has 0 aromatic heterocycles. The van der Waals surface area contributed by atoms with Crippen LogP contribution in [0.25, 0.3) is 0 Å².